The predicted molar refractivity (Wildman–Crippen MR) is 54.2 cm³/mol. The molecule has 0 amide bonds. The van der Waals surface area contributed by atoms with Gasteiger partial charge in [-0.1, -0.05) is 47.0 Å². The van der Waals surface area contributed by atoms with Gasteiger partial charge in [-0.25, -0.2) is 0 Å². The zero-order chi connectivity index (χ0) is 9.61. The summed E-state index contributed by atoms with van der Waals surface area (Å²) in [4.78, 5) is 0. The maximum absolute atomic E-state index is 10.3. The van der Waals surface area contributed by atoms with Crippen molar-refractivity contribution in [1.29, 1.82) is 0 Å². The lowest BCUT2D eigenvalue weighted by Gasteiger charge is -2.33. The van der Waals surface area contributed by atoms with Crippen LogP contribution in [-0.4, -0.2) is 10.7 Å². The summed E-state index contributed by atoms with van der Waals surface area (Å²) >= 11 is 0. The van der Waals surface area contributed by atoms with Crippen molar-refractivity contribution in [1.82, 2.24) is 0 Å². The largest absolute Gasteiger partial charge is 0.390 e. The summed E-state index contributed by atoms with van der Waals surface area (Å²) in [6.07, 6.45) is 5.16. The van der Waals surface area contributed by atoms with Gasteiger partial charge in [0.05, 0.1) is 5.60 Å². The fourth-order valence-electron chi connectivity index (χ4n) is 1.86. The molecule has 0 rings (SSSR count). The first-order valence-electron chi connectivity index (χ1n) is 5.33. The van der Waals surface area contributed by atoms with E-state index in [1.54, 1.807) is 0 Å². The van der Waals surface area contributed by atoms with Crippen LogP contribution in [-0.2, 0) is 0 Å². The Morgan fingerprint density at radius 1 is 1.08 bits per heavy atom. The minimum absolute atomic E-state index is 0.391. The SMILES string of the molecule is CCCC(O)(CCC)[C@@H](C)CC. The number of hydrogen-bond acceptors (Lipinski definition) is 1. The molecule has 1 N–H and O–H groups in total. The van der Waals surface area contributed by atoms with E-state index in [0.717, 1.165) is 32.1 Å². The van der Waals surface area contributed by atoms with Crippen LogP contribution in [0.1, 0.15) is 59.8 Å². The van der Waals surface area contributed by atoms with Gasteiger partial charge in [-0.15, -0.1) is 0 Å². The molecule has 0 radical (unpaired) electrons. The molecular weight excluding hydrogens is 148 g/mol. The molecule has 12 heavy (non-hydrogen) atoms. The predicted octanol–water partition coefficient (Wildman–Crippen LogP) is 3.36. The molecule has 0 unspecified atom stereocenters. The lowest BCUT2D eigenvalue weighted by Crippen LogP contribution is -2.35. The fraction of sp³-hybridized carbons (Fsp3) is 1.00. The lowest BCUT2D eigenvalue weighted by atomic mass is 9.80. The third-order valence-corrected chi connectivity index (χ3v) is 2.90. The molecule has 0 aromatic rings. The van der Waals surface area contributed by atoms with Gasteiger partial charge in [-0.2, -0.15) is 0 Å². The van der Waals surface area contributed by atoms with Gasteiger partial charge < -0.3 is 5.11 Å². The minimum Gasteiger partial charge on any atom is -0.390 e. The quantitative estimate of drug-likeness (QED) is 0.651. The molecule has 0 heterocycles. The van der Waals surface area contributed by atoms with Crippen LogP contribution in [0, 0.1) is 5.92 Å². The van der Waals surface area contributed by atoms with E-state index in [4.69, 9.17) is 0 Å². The van der Waals surface area contributed by atoms with Gasteiger partial charge in [0, 0.05) is 0 Å². The average Bonchev–Trinajstić information content (AvgIpc) is 2.04. The van der Waals surface area contributed by atoms with Crippen LogP contribution < -0.4 is 0 Å². The highest BCUT2D eigenvalue weighted by molar-refractivity contribution is 4.82. The van der Waals surface area contributed by atoms with Crippen molar-refractivity contribution in [3.05, 3.63) is 0 Å². The Balaban J connectivity index is 4.15. The highest BCUT2D eigenvalue weighted by Crippen LogP contribution is 2.30. The van der Waals surface area contributed by atoms with E-state index in [1.165, 1.54) is 0 Å². The van der Waals surface area contributed by atoms with Crippen LogP contribution in [0.2, 0.25) is 0 Å². The third kappa shape index (κ3) is 3.14. The highest BCUT2D eigenvalue weighted by atomic mass is 16.3. The maximum atomic E-state index is 10.3. The smallest absolute Gasteiger partial charge is 0.0672 e. The monoisotopic (exact) mass is 172 g/mol. The second-order valence-corrected chi connectivity index (χ2v) is 3.91. The molecule has 0 saturated heterocycles. The van der Waals surface area contributed by atoms with Gasteiger partial charge >= 0.3 is 0 Å². The molecule has 74 valence electrons. The minimum atomic E-state index is -0.391. The molecule has 0 aliphatic carbocycles. The third-order valence-electron chi connectivity index (χ3n) is 2.90. The molecule has 1 nitrogen and oxygen atoms in total. The van der Waals surface area contributed by atoms with Crippen LogP contribution in [0.5, 0.6) is 0 Å². The first-order valence-corrected chi connectivity index (χ1v) is 5.33. The van der Waals surface area contributed by atoms with E-state index in [-0.39, 0.29) is 0 Å². The van der Waals surface area contributed by atoms with E-state index in [0.29, 0.717) is 5.92 Å². The van der Waals surface area contributed by atoms with E-state index in [2.05, 4.69) is 27.7 Å². The molecule has 0 aromatic carbocycles. The number of hydrogen-bond donors (Lipinski definition) is 1. The summed E-state index contributed by atoms with van der Waals surface area (Å²) in [6, 6.07) is 0. The van der Waals surface area contributed by atoms with Gasteiger partial charge in [0.15, 0.2) is 0 Å². The molecule has 1 atom stereocenters. The summed E-state index contributed by atoms with van der Waals surface area (Å²) in [7, 11) is 0. The Morgan fingerprint density at radius 3 is 1.75 bits per heavy atom. The molecule has 0 saturated carbocycles. The molecule has 0 aliphatic rings. The topological polar surface area (TPSA) is 20.2 Å². The maximum Gasteiger partial charge on any atom is 0.0672 e. The van der Waals surface area contributed by atoms with Gasteiger partial charge in [0.25, 0.3) is 0 Å². The van der Waals surface area contributed by atoms with E-state index in [1.807, 2.05) is 0 Å². The first kappa shape index (κ1) is 12.0. The van der Waals surface area contributed by atoms with Crippen LogP contribution in [0.15, 0.2) is 0 Å². The van der Waals surface area contributed by atoms with Crippen LogP contribution in [0.25, 0.3) is 0 Å². The molecule has 1 heteroatoms. The molecule has 0 aromatic heterocycles. The van der Waals surface area contributed by atoms with E-state index in [9.17, 15) is 5.11 Å². The van der Waals surface area contributed by atoms with Crippen molar-refractivity contribution in [2.24, 2.45) is 5.92 Å². The summed E-state index contributed by atoms with van der Waals surface area (Å²) in [6.45, 7) is 8.60. The molecule has 0 fully saturated rings. The second kappa shape index (κ2) is 5.58. The fourth-order valence-corrected chi connectivity index (χ4v) is 1.86. The Bertz CT molecular complexity index is 104. The highest BCUT2D eigenvalue weighted by Gasteiger charge is 2.30. The number of aliphatic hydroxyl groups is 1. The van der Waals surface area contributed by atoms with Crippen molar-refractivity contribution in [2.45, 2.75) is 65.4 Å². The zero-order valence-corrected chi connectivity index (χ0v) is 9.06. The van der Waals surface area contributed by atoms with Gasteiger partial charge in [0.1, 0.15) is 0 Å². The normalized spacial score (nSPS) is 14.8. The Hall–Kier alpha value is -0.0400. The van der Waals surface area contributed by atoms with Gasteiger partial charge in [0.2, 0.25) is 0 Å². The van der Waals surface area contributed by atoms with Gasteiger partial charge in [-0.05, 0) is 18.8 Å². The van der Waals surface area contributed by atoms with Crippen molar-refractivity contribution < 1.29 is 5.11 Å². The molecule has 0 aliphatic heterocycles. The second-order valence-electron chi connectivity index (χ2n) is 3.91. The Morgan fingerprint density at radius 2 is 1.50 bits per heavy atom. The van der Waals surface area contributed by atoms with Crippen LogP contribution >= 0.6 is 0 Å². The first-order chi connectivity index (χ1) is 5.60. The van der Waals surface area contributed by atoms with Crippen LogP contribution in [0.4, 0.5) is 0 Å². The summed E-state index contributed by atoms with van der Waals surface area (Å²) in [5, 5.41) is 10.3. The zero-order valence-electron chi connectivity index (χ0n) is 9.06. The summed E-state index contributed by atoms with van der Waals surface area (Å²) in [5.74, 6) is 0.442. The molecule has 0 bridgehead atoms. The lowest BCUT2D eigenvalue weighted by molar-refractivity contribution is -0.0297. The van der Waals surface area contributed by atoms with Crippen molar-refractivity contribution >= 4 is 0 Å². The van der Waals surface area contributed by atoms with Gasteiger partial charge in [-0.3, -0.25) is 0 Å². The number of rotatable bonds is 6. The Labute approximate surface area is 77.2 Å². The Kier molecular flexibility index (Phi) is 5.56. The van der Waals surface area contributed by atoms with E-state index >= 15 is 0 Å². The summed E-state index contributed by atoms with van der Waals surface area (Å²) in [5.41, 5.74) is -0.391. The molecule has 0 spiro atoms. The van der Waals surface area contributed by atoms with E-state index < -0.39 is 5.60 Å². The van der Waals surface area contributed by atoms with Crippen molar-refractivity contribution in [3.63, 3.8) is 0 Å². The standard InChI is InChI=1S/C11H24O/c1-5-8-11(12,9-6-2)10(4)7-3/h10,12H,5-9H2,1-4H3/t10-/m0/s1. The van der Waals surface area contributed by atoms with Crippen molar-refractivity contribution in [3.8, 4) is 0 Å². The molecular formula is C11H24O. The average molecular weight is 172 g/mol. The van der Waals surface area contributed by atoms with Crippen molar-refractivity contribution in [2.75, 3.05) is 0 Å². The van der Waals surface area contributed by atoms with Crippen LogP contribution in [0.3, 0.4) is 0 Å². The summed E-state index contributed by atoms with van der Waals surface area (Å²) < 4.78 is 0.